The Morgan fingerprint density at radius 2 is 2.00 bits per heavy atom. The first-order valence-corrected chi connectivity index (χ1v) is 8.53. The van der Waals surface area contributed by atoms with Crippen LogP contribution in [0.5, 0.6) is 0 Å². The van der Waals surface area contributed by atoms with Gasteiger partial charge in [-0.05, 0) is 35.3 Å². The predicted octanol–water partition coefficient (Wildman–Crippen LogP) is 3.75. The van der Waals surface area contributed by atoms with Crippen LogP contribution in [0, 0.1) is 17.1 Å². The topological polar surface area (TPSA) is 36.3 Å². The summed E-state index contributed by atoms with van der Waals surface area (Å²) in [6, 6.07) is 17.5. The van der Waals surface area contributed by atoms with Crippen LogP contribution in [-0.4, -0.2) is 30.2 Å². The second-order valence-corrected chi connectivity index (χ2v) is 6.61. The lowest BCUT2D eigenvalue weighted by molar-refractivity contribution is -0.0402. The molecule has 25 heavy (non-hydrogen) atoms. The molecule has 2 bridgehead atoms. The molecule has 1 fully saturated rings. The predicted molar refractivity (Wildman–Crippen MR) is 94.1 cm³/mol. The Hall–Kier alpha value is -2.48. The maximum absolute atomic E-state index is 13.4. The van der Waals surface area contributed by atoms with Crippen LogP contribution in [0.15, 0.2) is 54.6 Å². The zero-order valence-corrected chi connectivity index (χ0v) is 13.9. The van der Waals surface area contributed by atoms with Crippen molar-refractivity contribution in [3.05, 3.63) is 77.1 Å². The van der Waals surface area contributed by atoms with Gasteiger partial charge >= 0.3 is 0 Å². The molecular formula is C21H19FN2O. The van der Waals surface area contributed by atoms with E-state index in [1.54, 1.807) is 6.07 Å². The highest BCUT2D eigenvalue weighted by Gasteiger charge is 2.35. The van der Waals surface area contributed by atoms with E-state index in [1.165, 1.54) is 17.7 Å². The summed E-state index contributed by atoms with van der Waals surface area (Å²) in [4.78, 5) is 2.47. The van der Waals surface area contributed by atoms with E-state index < -0.39 is 0 Å². The molecule has 2 unspecified atom stereocenters. The van der Waals surface area contributed by atoms with Crippen molar-refractivity contribution in [2.24, 2.45) is 0 Å². The van der Waals surface area contributed by atoms with Crippen molar-refractivity contribution in [3.8, 4) is 6.07 Å². The maximum Gasteiger partial charge on any atom is 0.124 e. The van der Waals surface area contributed by atoms with Crippen molar-refractivity contribution in [2.45, 2.75) is 25.0 Å². The van der Waals surface area contributed by atoms with Crippen LogP contribution < -0.4 is 0 Å². The van der Waals surface area contributed by atoms with Crippen LogP contribution in [0.2, 0.25) is 0 Å². The average Bonchev–Trinajstić information content (AvgIpc) is 2.62. The minimum atomic E-state index is -0.369. The fourth-order valence-corrected chi connectivity index (χ4v) is 3.79. The minimum absolute atomic E-state index is 0.180. The smallest absolute Gasteiger partial charge is 0.124 e. The van der Waals surface area contributed by atoms with Crippen molar-refractivity contribution in [2.75, 3.05) is 13.2 Å². The molecule has 4 heteroatoms. The molecule has 0 aliphatic carbocycles. The molecule has 0 aromatic heterocycles. The van der Waals surface area contributed by atoms with Gasteiger partial charge in [0.25, 0.3) is 0 Å². The number of hydrogen-bond acceptors (Lipinski definition) is 3. The summed E-state index contributed by atoms with van der Waals surface area (Å²) in [7, 11) is 0. The second kappa shape index (κ2) is 6.79. The zero-order valence-electron chi connectivity index (χ0n) is 13.9. The third-order valence-corrected chi connectivity index (χ3v) is 5.00. The normalized spacial score (nSPS) is 23.0. The Morgan fingerprint density at radius 3 is 2.76 bits per heavy atom. The molecule has 2 aliphatic heterocycles. The van der Waals surface area contributed by atoms with Gasteiger partial charge in [0, 0.05) is 12.6 Å². The van der Waals surface area contributed by atoms with Gasteiger partial charge in [0.2, 0.25) is 0 Å². The molecule has 2 aliphatic rings. The summed E-state index contributed by atoms with van der Waals surface area (Å²) in [5.41, 5.74) is 3.66. The Balaban J connectivity index is 1.65. The Labute approximate surface area is 147 Å². The summed E-state index contributed by atoms with van der Waals surface area (Å²) >= 11 is 0. The molecule has 2 atom stereocenters. The third kappa shape index (κ3) is 3.21. The van der Waals surface area contributed by atoms with Crippen LogP contribution in [-0.2, 0) is 11.3 Å². The quantitative estimate of drug-likeness (QED) is 0.858. The van der Waals surface area contributed by atoms with Crippen molar-refractivity contribution >= 4 is 5.57 Å². The van der Waals surface area contributed by atoms with E-state index in [2.05, 4.69) is 41.3 Å². The second-order valence-electron chi connectivity index (χ2n) is 6.61. The van der Waals surface area contributed by atoms with Crippen LogP contribution in [0.4, 0.5) is 4.39 Å². The molecule has 1 saturated heterocycles. The standard InChI is InChI=1S/C21H19FN2O/c22-18-6-7-21(17(8-18)11-23)16-9-19-13-25-14-20(10-16)24(19)12-15-4-2-1-3-5-15/h1-9,19-20H,10,12-14H2. The lowest BCUT2D eigenvalue weighted by Crippen LogP contribution is -2.53. The number of nitriles is 1. The Bertz CT molecular complexity index is 841. The number of ether oxygens (including phenoxy) is 1. The summed E-state index contributed by atoms with van der Waals surface area (Å²) in [5, 5.41) is 9.34. The molecule has 126 valence electrons. The highest BCUT2D eigenvalue weighted by molar-refractivity contribution is 5.72. The third-order valence-electron chi connectivity index (χ3n) is 5.00. The SMILES string of the molecule is N#Cc1cc(F)ccc1C1=CC2COCC(C1)N2Cc1ccccc1. The summed E-state index contributed by atoms with van der Waals surface area (Å²) in [5.74, 6) is -0.369. The molecule has 2 aromatic rings. The van der Waals surface area contributed by atoms with Gasteiger partial charge in [-0.15, -0.1) is 0 Å². The number of rotatable bonds is 3. The zero-order chi connectivity index (χ0) is 17.2. The molecule has 0 amide bonds. The molecule has 0 radical (unpaired) electrons. The fourth-order valence-electron chi connectivity index (χ4n) is 3.79. The van der Waals surface area contributed by atoms with Crippen LogP contribution in [0.3, 0.4) is 0 Å². The van der Waals surface area contributed by atoms with E-state index in [0.717, 1.165) is 24.1 Å². The number of halogens is 1. The highest BCUT2D eigenvalue weighted by Crippen LogP contribution is 2.34. The van der Waals surface area contributed by atoms with Gasteiger partial charge in [-0.25, -0.2) is 4.39 Å². The molecule has 0 spiro atoms. The Morgan fingerprint density at radius 1 is 1.16 bits per heavy atom. The first-order chi connectivity index (χ1) is 12.2. The van der Waals surface area contributed by atoms with E-state index >= 15 is 0 Å². The molecule has 0 saturated carbocycles. The van der Waals surface area contributed by atoms with Crippen molar-refractivity contribution in [1.29, 1.82) is 5.26 Å². The molecule has 3 nitrogen and oxygen atoms in total. The number of nitrogens with zero attached hydrogens (tertiary/aromatic N) is 2. The van der Waals surface area contributed by atoms with Gasteiger partial charge in [0.15, 0.2) is 0 Å². The van der Waals surface area contributed by atoms with Gasteiger partial charge in [0.1, 0.15) is 5.82 Å². The molecular weight excluding hydrogens is 315 g/mol. The first kappa shape index (κ1) is 16.0. The lowest BCUT2D eigenvalue weighted by atomic mass is 9.87. The molecule has 0 N–H and O–H groups in total. The lowest BCUT2D eigenvalue weighted by Gasteiger charge is -2.45. The van der Waals surface area contributed by atoms with E-state index in [9.17, 15) is 9.65 Å². The number of hydrogen-bond donors (Lipinski definition) is 0. The van der Waals surface area contributed by atoms with E-state index in [1.807, 2.05) is 6.07 Å². The first-order valence-electron chi connectivity index (χ1n) is 8.53. The summed E-state index contributed by atoms with van der Waals surface area (Å²) < 4.78 is 19.2. The van der Waals surface area contributed by atoms with Gasteiger partial charge in [-0.1, -0.05) is 42.5 Å². The summed E-state index contributed by atoms with van der Waals surface area (Å²) in [6.45, 7) is 2.22. The summed E-state index contributed by atoms with van der Waals surface area (Å²) in [6.07, 6.45) is 3.00. The molecule has 2 heterocycles. The van der Waals surface area contributed by atoms with E-state index in [0.29, 0.717) is 18.8 Å². The van der Waals surface area contributed by atoms with Crippen LogP contribution >= 0.6 is 0 Å². The fraction of sp³-hybridized carbons (Fsp3) is 0.286. The number of fused-ring (bicyclic) bond motifs is 2. The van der Waals surface area contributed by atoms with Gasteiger partial charge in [-0.2, -0.15) is 5.26 Å². The van der Waals surface area contributed by atoms with Gasteiger partial charge < -0.3 is 4.74 Å². The average molecular weight is 334 g/mol. The monoisotopic (exact) mass is 334 g/mol. The van der Waals surface area contributed by atoms with Gasteiger partial charge in [0.05, 0.1) is 30.9 Å². The maximum atomic E-state index is 13.4. The van der Waals surface area contributed by atoms with Crippen LogP contribution in [0.25, 0.3) is 5.57 Å². The van der Waals surface area contributed by atoms with Gasteiger partial charge in [-0.3, -0.25) is 4.90 Å². The van der Waals surface area contributed by atoms with Crippen LogP contribution in [0.1, 0.15) is 23.1 Å². The van der Waals surface area contributed by atoms with E-state index in [-0.39, 0.29) is 17.9 Å². The van der Waals surface area contributed by atoms with Crippen molar-refractivity contribution in [1.82, 2.24) is 4.90 Å². The molecule has 4 rings (SSSR count). The van der Waals surface area contributed by atoms with Crippen molar-refractivity contribution < 1.29 is 9.13 Å². The minimum Gasteiger partial charge on any atom is -0.378 e. The largest absolute Gasteiger partial charge is 0.378 e. The Kier molecular flexibility index (Phi) is 4.35. The number of morpholine rings is 1. The highest BCUT2D eigenvalue weighted by atomic mass is 19.1. The van der Waals surface area contributed by atoms with E-state index in [4.69, 9.17) is 4.74 Å². The van der Waals surface area contributed by atoms with Crippen molar-refractivity contribution in [3.63, 3.8) is 0 Å². The number of benzene rings is 2. The molecule has 2 aromatic carbocycles.